The third-order valence-corrected chi connectivity index (χ3v) is 5.57. The number of nitrogens with one attached hydrogen (secondary N) is 1. The minimum absolute atomic E-state index is 0.000149. The second kappa shape index (κ2) is 10.8. The molecular weight excluding hydrogens is 464 g/mol. The van der Waals surface area contributed by atoms with Crippen LogP contribution in [0.25, 0.3) is 0 Å². The summed E-state index contributed by atoms with van der Waals surface area (Å²) in [5, 5.41) is 2.79. The lowest BCUT2D eigenvalue weighted by Gasteiger charge is -2.21. The largest absolute Gasteiger partial charge is 0.497 e. The molecule has 0 unspecified atom stereocenters. The maximum atomic E-state index is 13.3. The van der Waals surface area contributed by atoms with E-state index in [4.69, 9.17) is 23.9 Å². The Balaban J connectivity index is 1.58. The lowest BCUT2D eigenvalue weighted by atomic mass is 10.1. The summed E-state index contributed by atoms with van der Waals surface area (Å²) < 4.78 is 21.2. The number of aromatic nitrogens is 1. The van der Waals surface area contributed by atoms with Crippen molar-refractivity contribution in [3.8, 4) is 23.0 Å². The zero-order valence-corrected chi connectivity index (χ0v) is 20.4. The zero-order valence-electron chi connectivity index (χ0n) is 20.4. The Hall–Kier alpha value is -4.60. The van der Waals surface area contributed by atoms with Crippen molar-refractivity contribution in [2.75, 3.05) is 45.2 Å². The standard InChI is InChI=1S/C26H26N4O6/c1-33-18-9-7-16(8-10-18)20-14-24(32)30(26-19(29-20)6-5-11-27-26)15-23(31)28-17-12-21(34-2)25(36-4)22(13-17)35-3/h5-13H,14-15H2,1-4H3,(H,28,31). The first-order valence-corrected chi connectivity index (χ1v) is 11.0. The number of carbonyl (C=O) groups is 2. The summed E-state index contributed by atoms with van der Waals surface area (Å²) in [6.07, 6.45) is 1.56. The van der Waals surface area contributed by atoms with Crippen molar-refractivity contribution >= 4 is 34.7 Å². The van der Waals surface area contributed by atoms with E-state index in [0.717, 1.165) is 5.56 Å². The van der Waals surface area contributed by atoms with Gasteiger partial charge in [-0.25, -0.2) is 9.98 Å². The predicted octanol–water partition coefficient (Wildman–Crippen LogP) is 3.61. The van der Waals surface area contributed by atoms with E-state index >= 15 is 0 Å². The van der Waals surface area contributed by atoms with Crippen molar-refractivity contribution in [2.24, 2.45) is 4.99 Å². The summed E-state index contributed by atoms with van der Waals surface area (Å²) in [7, 11) is 6.06. The fourth-order valence-electron chi connectivity index (χ4n) is 3.84. The zero-order chi connectivity index (χ0) is 25.7. The molecule has 0 radical (unpaired) electrons. The number of amides is 2. The number of hydrogen-bond acceptors (Lipinski definition) is 8. The highest BCUT2D eigenvalue weighted by molar-refractivity contribution is 6.18. The number of ether oxygens (including phenoxy) is 4. The average Bonchev–Trinajstić information content (AvgIpc) is 3.04. The van der Waals surface area contributed by atoms with Gasteiger partial charge in [-0.2, -0.15) is 0 Å². The van der Waals surface area contributed by atoms with E-state index in [2.05, 4.69) is 10.3 Å². The Kier molecular flexibility index (Phi) is 7.33. The molecule has 10 nitrogen and oxygen atoms in total. The van der Waals surface area contributed by atoms with Gasteiger partial charge in [-0.1, -0.05) is 0 Å². The van der Waals surface area contributed by atoms with Gasteiger partial charge in [0.15, 0.2) is 17.3 Å². The van der Waals surface area contributed by atoms with Crippen molar-refractivity contribution in [3.63, 3.8) is 0 Å². The molecule has 0 spiro atoms. The molecule has 4 rings (SSSR count). The van der Waals surface area contributed by atoms with Gasteiger partial charge >= 0.3 is 0 Å². The Morgan fingerprint density at radius 3 is 2.28 bits per heavy atom. The molecule has 0 bridgehead atoms. The van der Waals surface area contributed by atoms with Crippen LogP contribution in [-0.4, -0.2) is 57.5 Å². The van der Waals surface area contributed by atoms with Gasteiger partial charge in [0.25, 0.3) is 0 Å². The first kappa shape index (κ1) is 24.5. The quantitative estimate of drug-likeness (QED) is 0.513. The molecule has 186 valence electrons. The first-order chi connectivity index (χ1) is 17.5. The minimum Gasteiger partial charge on any atom is -0.497 e. The molecule has 2 aromatic carbocycles. The summed E-state index contributed by atoms with van der Waals surface area (Å²) in [5.74, 6) is 1.47. The Morgan fingerprint density at radius 2 is 1.67 bits per heavy atom. The SMILES string of the molecule is COc1ccc(C2=Nc3cccnc3N(CC(=O)Nc3cc(OC)c(OC)c(OC)c3)C(=O)C2)cc1. The van der Waals surface area contributed by atoms with E-state index in [0.29, 0.717) is 45.9 Å². The van der Waals surface area contributed by atoms with Gasteiger partial charge in [0.1, 0.15) is 18.0 Å². The molecule has 1 aliphatic heterocycles. The highest BCUT2D eigenvalue weighted by Crippen LogP contribution is 2.40. The summed E-state index contributed by atoms with van der Waals surface area (Å²) >= 11 is 0. The van der Waals surface area contributed by atoms with Crippen LogP contribution in [-0.2, 0) is 9.59 Å². The predicted molar refractivity (Wildman–Crippen MR) is 135 cm³/mol. The van der Waals surface area contributed by atoms with Crippen molar-refractivity contribution in [1.29, 1.82) is 0 Å². The number of rotatable bonds is 8. The lowest BCUT2D eigenvalue weighted by molar-refractivity contribution is -0.120. The molecule has 2 heterocycles. The van der Waals surface area contributed by atoms with Crippen LogP contribution in [0.3, 0.4) is 0 Å². The van der Waals surface area contributed by atoms with Crippen LogP contribution < -0.4 is 29.2 Å². The summed E-state index contributed by atoms with van der Waals surface area (Å²) in [6.45, 7) is -0.259. The maximum absolute atomic E-state index is 13.3. The molecule has 3 aromatic rings. The highest BCUT2D eigenvalue weighted by Gasteiger charge is 2.28. The topological polar surface area (TPSA) is 112 Å². The van der Waals surface area contributed by atoms with Gasteiger partial charge < -0.3 is 24.3 Å². The van der Waals surface area contributed by atoms with Crippen LogP contribution in [0, 0.1) is 0 Å². The number of hydrogen-bond donors (Lipinski definition) is 1. The fraction of sp³-hybridized carbons (Fsp3) is 0.231. The number of fused-ring (bicyclic) bond motifs is 1. The van der Waals surface area contributed by atoms with E-state index in [1.807, 2.05) is 12.1 Å². The molecule has 0 fully saturated rings. The van der Waals surface area contributed by atoms with E-state index in [9.17, 15) is 9.59 Å². The van der Waals surface area contributed by atoms with Crippen molar-refractivity contribution in [1.82, 2.24) is 4.98 Å². The van der Waals surface area contributed by atoms with E-state index in [1.54, 1.807) is 49.7 Å². The van der Waals surface area contributed by atoms with Crippen molar-refractivity contribution < 1.29 is 28.5 Å². The fourth-order valence-corrected chi connectivity index (χ4v) is 3.84. The third-order valence-electron chi connectivity index (χ3n) is 5.57. The van der Waals surface area contributed by atoms with Crippen LogP contribution in [0.1, 0.15) is 12.0 Å². The number of pyridine rings is 1. The smallest absolute Gasteiger partial charge is 0.244 e. The number of nitrogens with zero attached hydrogens (tertiary/aromatic N) is 3. The van der Waals surface area contributed by atoms with E-state index < -0.39 is 5.91 Å². The van der Waals surface area contributed by atoms with Crippen molar-refractivity contribution in [3.05, 3.63) is 60.3 Å². The van der Waals surface area contributed by atoms with Gasteiger partial charge in [0.05, 0.1) is 40.6 Å². The Bertz CT molecular complexity index is 1280. The molecule has 0 saturated carbocycles. The summed E-state index contributed by atoms with van der Waals surface area (Å²) in [5.41, 5.74) is 2.27. The summed E-state index contributed by atoms with van der Waals surface area (Å²) in [6, 6.07) is 14.0. The van der Waals surface area contributed by atoms with Gasteiger partial charge in [0, 0.05) is 24.0 Å². The molecule has 1 aliphatic rings. The summed E-state index contributed by atoms with van der Waals surface area (Å²) in [4.78, 5) is 36.7. The normalized spacial score (nSPS) is 12.7. The van der Waals surface area contributed by atoms with Crippen LogP contribution >= 0.6 is 0 Å². The van der Waals surface area contributed by atoms with Gasteiger partial charge in [-0.3, -0.25) is 14.5 Å². The first-order valence-electron chi connectivity index (χ1n) is 11.0. The van der Waals surface area contributed by atoms with Gasteiger partial charge in [-0.15, -0.1) is 0 Å². The molecule has 36 heavy (non-hydrogen) atoms. The number of methoxy groups -OCH3 is 4. The van der Waals surface area contributed by atoms with Crippen LogP contribution in [0.15, 0.2) is 59.7 Å². The number of carbonyl (C=O) groups excluding carboxylic acids is 2. The number of anilines is 2. The molecule has 0 atom stereocenters. The highest BCUT2D eigenvalue weighted by atomic mass is 16.5. The van der Waals surface area contributed by atoms with Crippen LogP contribution in [0.4, 0.5) is 17.2 Å². The Labute approximate surface area is 208 Å². The molecular formula is C26H26N4O6. The van der Waals surface area contributed by atoms with Crippen molar-refractivity contribution in [2.45, 2.75) is 6.42 Å². The van der Waals surface area contributed by atoms with E-state index in [-0.39, 0.29) is 18.9 Å². The van der Waals surface area contributed by atoms with Gasteiger partial charge in [-0.05, 0) is 42.0 Å². The monoisotopic (exact) mass is 490 g/mol. The molecule has 2 amide bonds. The average molecular weight is 491 g/mol. The molecule has 10 heteroatoms. The lowest BCUT2D eigenvalue weighted by Crippen LogP contribution is -2.39. The van der Waals surface area contributed by atoms with Gasteiger partial charge in [0.2, 0.25) is 17.6 Å². The number of aliphatic imine (C=N–C) groups is 1. The molecule has 1 N–H and O–H groups in total. The van der Waals surface area contributed by atoms with E-state index in [1.165, 1.54) is 26.2 Å². The minimum atomic E-state index is -0.429. The Morgan fingerprint density at radius 1 is 0.972 bits per heavy atom. The molecule has 0 saturated heterocycles. The maximum Gasteiger partial charge on any atom is 0.244 e. The molecule has 0 aliphatic carbocycles. The third kappa shape index (κ3) is 5.07. The van der Waals surface area contributed by atoms with Crippen LogP contribution in [0.5, 0.6) is 23.0 Å². The van der Waals surface area contributed by atoms with Crippen LogP contribution in [0.2, 0.25) is 0 Å². The second-order valence-electron chi connectivity index (χ2n) is 7.75. The number of benzene rings is 2. The second-order valence-corrected chi connectivity index (χ2v) is 7.75. The molecule has 1 aromatic heterocycles.